The molecule has 5 aromatic rings. The highest BCUT2D eigenvalue weighted by Crippen LogP contribution is 2.40. The molecule has 3 aliphatic rings. The lowest BCUT2D eigenvalue weighted by Gasteiger charge is -2.51. The Morgan fingerprint density at radius 3 is 1.68 bits per heavy atom. The van der Waals surface area contributed by atoms with Gasteiger partial charge in [-0.05, 0) is 47.2 Å². The van der Waals surface area contributed by atoms with Gasteiger partial charge in [0, 0.05) is 18.6 Å². The third kappa shape index (κ3) is 15.5. The van der Waals surface area contributed by atoms with Crippen LogP contribution in [0.15, 0.2) is 146 Å². The SMILES string of the molecule is COC(=O)CCCCCCCCO[C@H]1O[C@@H]2COC(c3ccc(OC)cc3)O[C@H]2[C@H](O[C@H]2O[C@H](COCc3ccccc3)[C@@H](OCc3ccccc3)[C@H](OCc3ccccc3)[C@H]2O)[C@H]1OCc1ccccc1. The van der Waals surface area contributed by atoms with Gasteiger partial charge in [0.25, 0.3) is 0 Å². The summed E-state index contributed by atoms with van der Waals surface area (Å²) in [4.78, 5) is 11.6. The molecule has 72 heavy (non-hydrogen) atoms. The Bertz CT molecular complexity index is 2270. The number of aliphatic hydroxyl groups excluding tert-OH is 1. The van der Waals surface area contributed by atoms with Gasteiger partial charge in [0.2, 0.25) is 0 Å². The van der Waals surface area contributed by atoms with Crippen LogP contribution in [0.25, 0.3) is 0 Å². The summed E-state index contributed by atoms with van der Waals surface area (Å²) in [6.07, 6.45) is -4.21. The van der Waals surface area contributed by atoms with Crippen molar-refractivity contribution in [3.8, 4) is 5.75 Å². The minimum absolute atomic E-state index is 0.0980. The second-order valence-corrected chi connectivity index (χ2v) is 18.3. The summed E-state index contributed by atoms with van der Waals surface area (Å²) in [5, 5.41) is 12.7. The third-order valence-electron chi connectivity index (χ3n) is 13.1. The molecule has 8 rings (SSSR count). The molecule has 0 radical (unpaired) electrons. The second kappa shape index (κ2) is 28.4. The van der Waals surface area contributed by atoms with E-state index in [-0.39, 0.29) is 39.0 Å². The number of ether oxygens (including phenoxy) is 12. The molecule has 386 valence electrons. The number of rotatable bonds is 27. The maximum absolute atomic E-state index is 12.7. The average molecular weight is 991 g/mol. The quantitative estimate of drug-likeness (QED) is 0.0394. The van der Waals surface area contributed by atoms with E-state index in [0.717, 1.165) is 66.3 Å². The van der Waals surface area contributed by atoms with Crippen molar-refractivity contribution >= 4 is 5.97 Å². The van der Waals surface area contributed by atoms with Crippen LogP contribution in [0.5, 0.6) is 5.75 Å². The molecular weight excluding hydrogens is 921 g/mol. The highest BCUT2D eigenvalue weighted by molar-refractivity contribution is 5.68. The topological polar surface area (TPSA) is 148 Å². The lowest BCUT2D eigenvalue weighted by Crippen LogP contribution is -2.67. The lowest BCUT2D eigenvalue weighted by atomic mass is 9.95. The van der Waals surface area contributed by atoms with Crippen LogP contribution >= 0.6 is 0 Å². The summed E-state index contributed by atoms with van der Waals surface area (Å²) in [7, 11) is 3.04. The van der Waals surface area contributed by atoms with Crippen LogP contribution < -0.4 is 4.74 Å². The van der Waals surface area contributed by atoms with E-state index in [0.29, 0.717) is 25.4 Å². The van der Waals surface area contributed by atoms with Crippen molar-refractivity contribution in [1.29, 1.82) is 0 Å². The molecule has 0 saturated carbocycles. The van der Waals surface area contributed by atoms with Crippen LogP contribution in [-0.2, 0) is 83.3 Å². The molecule has 0 spiro atoms. The molecule has 0 aliphatic carbocycles. The molecule has 3 heterocycles. The number of hydrogen-bond donors (Lipinski definition) is 1. The molecule has 3 aliphatic heterocycles. The molecule has 0 aromatic heterocycles. The van der Waals surface area contributed by atoms with Crippen molar-refractivity contribution in [3.05, 3.63) is 173 Å². The number of benzene rings is 5. The molecule has 0 amide bonds. The van der Waals surface area contributed by atoms with Crippen molar-refractivity contribution in [1.82, 2.24) is 0 Å². The van der Waals surface area contributed by atoms with E-state index in [4.69, 9.17) is 56.8 Å². The van der Waals surface area contributed by atoms with Gasteiger partial charge >= 0.3 is 5.97 Å². The van der Waals surface area contributed by atoms with Gasteiger partial charge in [-0.25, -0.2) is 0 Å². The third-order valence-corrected chi connectivity index (χ3v) is 13.1. The summed E-state index contributed by atoms with van der Waals surface area (Å²) < 4.78 is 77.6. The highest BCUT2D eigenvalue weighted by atomic mass is 16.8. The van der Waals surface area contributed by atoms with Gasteiger partial charge in [-0.3, -0.25) is 4.79 Å². The van der Waals surface area contributed by atoms with Gasteiger partial charge in [-0.1, -0.05) is 159 Å². The first kappa shape index (κ1) is 53.2. The van der Waals surface area contributed by atoms with E-state index in [1.54, 1.807) is 7.11 Å². The summed E-state index contributed by atoms with van der Waals surface area (Å²) in [5.74, 6) is 0.517. The normalized spacial score (nSPS) is 26.1. The van der Waals surface area contributed by atoms with Crippen LogP contribution in [0.4, 0.5) is 0 Å². The molecule has 14 heteroatoms. The number of carbonyl (C=O) groups is 1. The van der Waals surface area contributed by atoms with Gasteiger partial charge in [-0.15, -0.1) is 0 Å². The fraction of sp³-hybridized carbons (Fsp3) is 0.466. The van der Waals surface area contributed by atoms with Gasteiger partial charge in [0.05, 0.1) is 53.9 Å². The minimum Gasteiger partial charge on any atom is -0.497 e. The van der Waals surface area contributed by atoms with E-state index in [2.05, 4.69) is 0 Å². The van der Waals surface area contributed by atoms with E-state index in [1.165, 1.54) is 7.11 Å². The Morgan fingerprint density at radius 2 is 1.10 bits per heavy atom. The zero-order valence-electron chi connectivity index (χ0n) is 41.4. The maximum atomic E-state index is 12.7. The van der Waals surface area contributed by atoms with Crippen LogP contribution in [0, 0.1) is 0 Å². The van der Waals surface area contributed by atoms with Crippen molar-refractivity contribution in [2.75, 3.05) is 34.0 Å². The molecule has 1 unspecified atom stereocenters. The number of hydrogen-bond acceptors (Lipinski definition) is 14. The Hall–Kier alpha value is -5.07. The van der Waals surface area contributed by atoms with Gasteiger partial charge in [0.1, 0.15) is 54.6 Å². The number of methoxy groups -OCH3 is 2. The highest BCUT2D eigenvalue weighted by Gasteiger charge is 2.55. The Kier molecular flexibility index (Phi) is 21.0. The number of fused-ring (bicyclic) bond motifs is 1. The van der Waals surface area contributed by atoms with E-state index in [9.17, 15) is 9.90 Å². The van der Waals surface area contributed by atoms with Gasteiger partial charge in [0.15, 0.2) is 18.9 Å². The second-order valence-electron chi connectivity index (χ2n) is 18.3. The number of aliphatic hydroxyl groups is 1. The number of unbranched alkanes of at least 4 members (excludes halogenated alkanes) is 5. The van der Waals surface area contributed by atoms with Crippen LogP contribution in [-0.4, -0.2) is 107 Å². The van der Waals surface area contributed by atoms with Gasteiger partial charge in [-0.2, -0.15) is 0 Å². The van der Waals surface area contributed by atoms with E-state index >= 15 is 0 Å². The smallest absolute Gasteiger partial charge is 0.305 e. The first-order valence-electron chi connectivity index (χ1n) is 25.3. The summed E-state index contributed by atoms with van der Waals surface area (Å²) in [5.41, 5.74) is 4.58. The minimum atomic E-state index is -1.36. The fourth-order valence-corrected chi connectivity index (χ4v) is 9.18. The zero-order chi connectivity index (χ0) is 49.7. The van der Waals surface area contributed by atoms with Crippen LogP contribution in [0.1, 0.15) is 79.1 Å². The Balaban J connectivity index is 1.08. The summed E-state index contributed by atoms with van der Waals surface area (Å²) in [6, 6.07) is 47.0. The van der Waals surface area contributed by atoms with Crippen molar-refractivity contribution in [2.45, 2.75) is 139 Å². The first-order valence-corrected chi connectivity index (χ1v) is 25.3. The molecular formula is C58H70O14. The first-order chi connectivity index (χ1) is 35.4. The lowest BCUT2D eigenvalue weighted by molar-refractivity contribution is -0.399. The average Bonchev–Trinajstić information content (AvgIpc) is 3.43. The molecule has 3 fully saturated rings. The summed E-state index contributed by atoms with van der Waals surface area (Å²) >= 11 is 0. The molecule has 5 aromatic carbocycles. The van der Waals surface area contributed by atoms with E-state index in [1.807, 2.05) is 146 Å². The monoisotopic (exact) mass is 990 g/mol. The number of carbonyl (C=O) groups excluding carboxylic acids is 1. The molecule has 1 N–H and O–H groups in total. The predicted octanol–water partition coefficient (Wildman–Crippen LogP) is 9.20. The summed E-state index contributed by atoms with van der Waals surface area (Å²) in [6.45, 7) is 1.60. The molecule has 11 atom stereocenters. The van der Waals surface area contributed by atoms with Crippen molar-refractivity contribution in [2.24, 2.45) is 0 Å². The Labute approximate surface area is 423 Å². The standard InChI is InChI=1S/C58H70O14/c1-61-46-32-30-45(31-33-46)56-68-40-48-52(71-56)54(55(67-38-44-27-17-10-18-28-44)58(70-48)64-34-20-6-4-3-5-19-29-49(59)62-2)72-57-50(60)53(66-37-43-25-15-9-16-26-43)51(65-36-42-23-13-8-14-24-42)47(69-57)39-63-35-41-21-11-7-12-22-41/h7-18,21-28,30-33,47-48,50-58,60H,3-6,19-20,29,34-40H2,1-2H3/t47-,48-,50-,51-,52-,53-,54+,55-,56?,57-,58+/m1/s1. The maximum Gasteiger partial charge on any atom is 0.305 e. The number of esters is 1. The van der Waals surface area contributed by atoms with Crippen molar-refractivity contribution < 1.29 is 66.7 Å². The Morgan fingerprint density at radius 1 is 0.556 bits per heavy atom. The molecule has 14 nitrogen and oxygen atoms in total. The fourth-order valence-electron chi connectivity index (χ4n) is 9.18. The predicted molar refractivity (Wildman–Crippen MR) is 266 cm³/mol. The van der Waals surface area contributed by atoms with E-state index < -0.39 is 67.7 Å². The van der Waals surface area contributed by atoms with Gasteiger partial charge < -0.3 is 61.9 Å². The molecule has 3 saturated heterocycles. The largest absolute Gasteiger partial charge is 0.497 e. The zero-order valence-corrected chi connectivity index (χ0v) is 41.4. The van der Waals surface area contributed by atoms with Crippen LogP contribution in [0.3, 0.4) is 0 Å². The van der Waals surface area contributed by atoms with Crippen molar-refractivity contribution in [3.63, 3.8) is 0 Å². The van der Waals surface area contributed by atoms with Crippen LogP contribution in [0.2, 0.25) is 0 Å². The molecule has 0 bridgehead atoms.